The molecule has 0 saturated heterocycles. The SMILES string of the molecule is CCCCNc1ncc(-c2cccc(Cl)c2)c(-c2ccccc2)n1. The Kier molecular flexibility index (Phi) is 5.44. The van der Waals surface area contributed by atoms with E-state index < -0.39 is 0 Å². The van der Waals surface area contributed by atoms with Gasteiger partial charge in [-0.15, -0.1) is 0 Å². The molecule has 3 aromatic rings. The number of hydrogen-bond acceptors (Lipinski definition) is 3. The standard InChI is InChI=1S/C20H20ClN3/c1-2-3-12-22-20-23-14-18(16-10-7-11-17(21)13-16)19(24-20)15-8-5-4-6-9-15/h4-11,13-14H,2-3,12H2,1H3,(H,22,23,24). The van der Waals surface area contributed by atoms with Crippen LogP contribution in [0.5, 0.6) is 0 Å². The Morgan fingerprint density at radius 1 is 1.00 bits per heavy atom. The van der Waals surface area contributed by atoms with Crippen molar-refractivity contribution in [1.82, 2.24) is 9.97 Å². The molecule has 3 nitrogen and oxygen atoms in total. The van der Waals surface area contributed by atoms with Gasteiger partial charge in [-0.2, -0.15) is 0 Å². The molecule has 0 unspecified atom stereocenters. The van der Waals surface area contributed by atoms with Gasteiger partial charge >= 0.3 is 0 Å². The molecule has 0 radical (unpaired) electrons. The summed E-state index contributed by atoms with van der Waals surface area (Å²) in [6.45, 7) is 3.04. The van der Waals surface area contributed by atoms with Crippen LogP contribution in [0.2, 0.25) is 5.02 Å². The predicted molar refractivity (Wildman–Crippen MR) is 101 cm³/mol. The van der Waals surface area contributed by atoms with Crippen molar-refractivity contribution >= 4 is 17.5 Å². The molecule has 0 spiro atoms. The van der Waals surface area contributed by atoms with Crippen LogP contribution < -0.4 is 5.32 Å². The maximum absolute atomic E-state index is 6.16. The summed E-state index contributed by atoms with van der Waals surface area (Å²) in [6, 6.07) is 17.9. The van der Waals surface area contributed by atoms with E-state index in [0.717, 1.165) is 41.8 Å². The minimum atomic E-state index is 0.660. The summed E-state index contributed by atoms with van der Waals surface area (Å²) in [5.41, 5.74) is 3.96. The highest BCUT2D eigenvalue weighted by molar-refractivity contribution is 6.30. The van der Waals surface area contributed by atoms with Crippen LogP contribution in [0.1, 0.15) is 19.8 Å². The topological polar surface area (TPSA) is 37.8 Å². The second-order valence-corrected chi connectivity index (χ2v) is 6.05. The van der Waals surface area contributed by atoms with Gasteiger partial charge in [-0.05, 0) is 24.1 Å². The van der Waals surface area contributed by atoms with E-state index in [-0.39, 0.29) is 0 Å². The van der Waals surface area contributed by atoms with E-state index in [9.17, 15) is 0 Å². The molecule has 0 amide bonds. The Labute approximate surface area is 147 Å². The van der Waals surface area contributed by atoms with Crippen molar-refractivity contribution in [2.45, 2.75) is 19.8 Å². The lowest BCUT2D eigenvalue weighted by Crippen LogP contribution is -2.06. The lowest BCUT2D eigenvalue weighted by molar-refractivity contribution is 0.826. The van der Waals surface area contributed by atoms with E-state index in [1.165, 1.54) is 0 Å². The quantitative estimate of drug-likeness (QED) is 0.588. The van der Waals surface area contributed by atoms with Crippen LogP contribution in [0.15, 0.2) is 60.8 Å². The van der Waals surface area contributed by atoms with E-state index in [1.807, 2.05) is 48.7 Å². The summed E-state index contributed by atoms with van der Waals surface area (Å²) >= 11 is 6.16. The van der Waals surface area contributed by atoms with Crippen LogP contribution in [0, 0.1) is 0 Å². The van der Waals surface area contributed by atoms with Gasteiger partial charge in [-0.25, -0.2) is 9.97 Å². The Morgan fingerprint density at radius 3 is 2.54 bits per heavy atom. The summed E-state index contributed by atoms with van der Waals surface area (Å²) < 4.78 is 0. The first-order valence-corrected chi connectivity index (χ1v) is 8.58. The lowest BCUT2D eigenvalue weighted by Gasteiger charge is -2.12. The van der Waals surface area contributed by atoms with Gasteiger partial charge in [0.15, 0.2) is 0 Å². The highest BCUT2D eigenvalue weighted by atomic mass is 35.5. The minimum absolute atomic E-state index is 0.660. The molecule has 0 saturated carbocycles. The van der Waals surface area contributed by atoms with E-state index in [2.05, 4.69) is 29.4 Å². The van der Waals surface area contributed by atoms with Gasteiger partial charge < -0.3 is 5.32 Å². The normalized spacial score (nSPS) is 10.6. The molecular formula is C20H20ClN3. The Balaban J connectivity index is 2.04. The fourth-order valence-electron chi connectivity index (χ4n) is 2.53. The Bertz CT molecular complexity index is 803. The predicted octanol–water partition coefficient (Wildman–Crippen LogP) is 5.68. The van der Waals surface area contributed by atoms with Crippen molar-refractivity contribution in [3.8, 4) is 22.4 Å². The second kappa shape index (κ2) is 7.93. The molecule has 122 valence electrons. The van der Waals surface area contributed by atoms with Gasteiger partial charge in [0.25, 0.3) is 0 Å². The third kappa shape index (κ3) is 3.92. The largest absolute Gasteiger partial charge is 0.354 e. The number of unbranched alkanes of at least 4 members (excludes halogenated alkanes) is 1. The van der Waals surface area contributed by atoms with Gasteiger partial charge in [-0.1, -0.05) is 67.4 Å². The molecule has 0 bridgehead atoms. The fraction of sp³-hybridized carbons (Fsp3) is 0.200. The summed E-state index contributed by atoms with van der Waals surface area (Å²) in [4.78, 5) is 9.23. The molecule has 4 heteroatoms. The molecule has 1 aromatic heterocycles. The molecule has 3 rings (SSSR count). The first kappa shape index (κ1) is 16.5. The fourth-order valence-corrected chi connectivity index (χ4v) is 2.72. The Hall–Kier alpha value is -2.39. The van der Waals surface area contributed by atoms with Crippen LogP contribution in [0.3, 0.4) is 0 Å². The van der Waals surface area contributed by atoms with Gasteiger partial charge in [0.05, 0.1) is 5.69 Å². The zero-order valence-electron chi connectivity index (χ0n) is 13.7. The molecule has 0 atom stereocenters. The summed E-state index contributed by atoms with van der Waals surface area (Å²) in [5, 5.41) is 4.00. The van der Waals surface area contributed by atoms with E-state index in [4.69, 9.17) is 16.6 Å². The zero-order chi connectivity index (χ0) is 16.8. The summed E-state index contributed by atoms with van der Waals surface area (Å²) in [7, 11) is 0. The molecule has 0 aliphatic heterocycles. The number of hydrogen-bond donors (Lipinski definition) is 1. The maximum Gasteiger partial charge on any atom is 0.223 e. The average Bonchev–Trinajstić information content (AvgIpc) is 2.63. The summed E-state index contributed by atoms with van der Waals surface area (Å²) in [6.07, 6.45) is 4.11. The number of nitrogens with one attached hydrogen (secondary N) is 1. The minimum Gasteiger partial charge on any atom is -0.354 e. The number of benzene rings is 2. The van der Waals surface area contributed by atoms with Crippen LogP contribution in [-0.4, -0.2) is 16.5 Å². The van der Waals surface area contributed by atoms with Crippen molar-refractivity contribution in [3.05, 3.63) is 65.8 Å². The highest BCUT2D eigenvalue weighted by Gasteiger charge is 2.11. The number of halogens is 1. The van der Waals surface area contributed by atoms with E-state index in [0.29, 0.717) is 11.0 Å². The average molecular weight is 338 g/mol. The number of nitrogens with zero attached hydrogens (tertiary/aromatic N) is 2. The first-order valence-electron chi connectivity index (χ1n) is 8.20. The van der Waals surface area contributed by atoms with Gasteiger partial charge in [0.2, 0.25) is 5.95 Å². The zero-order valence-corrected chi connectivity index (χ0v) is 14.4. The third-order valence-corrected chi connectivity index (χ3v) is 4.02. The van der Waals surface area contributed by atoms with Gasteiger partial charge in [0, 0.05) is 28.9 Å². The van der Waals surface area contributed by atoms with Crippen LogP contribution in [0.25, 0.3) is 22.4 Å². The molecular weight excluding hydrogens is 318 g/mol. The van der Waals surface area contributed by atoms with Gasteiger partial charge in [-0.3, -0.25) is 0 Å². The van der Waals surface area contributed by atoms with Crippen LogP contribution in [-0.2, 0) is 0 Å². The van der Waals surface area contributed by atoms with Crippen molar-refractivity contribution in [2.24, 2.45) is 0 Å². The van der Waals surface area contributed by atoms with E-state index in [1.54, 1.807) is 0 Å². The molecule has 1 N–H and O–H groups in total. The smallest absolute Gasteiger partial charge is 0.223 e. The first-order chi connectivity index (χ1) is 11.8. The molecule has 0 aliphatic rings. The van der Waals surface area contributed by atoms with Crippen LogP contribution in [0.4, 0.5) is 5.95 Å². The maximum atomic E-state index is 6.16. The number of anilines is 1. The second-order valence-electron chi connectivity index (χ2n) is 5.61. The van der Waals surface area contributed by atoms with Crippen molar-refractivity contribution in [2.75, 3.05) is 11.9 Å². The van der Waals surface area contributed by atoms with Crippen molar-refractivity contribution in [3.63, 3.8) is 0 Å². The molecule has 0 fully saturated rings. The number of rotatable bonds is 6. The Morgan fingerprint density at radius 2 is 1.79 bits per heavy atom. The van der Waals surface area contributed by atoms with E-state index >= 15 is 0 Å². The van der Waals surface area contributed by atoms with Crippen molar-refractivity contribution < 1.29 is 0 Å². The number of aromatic nitrogens is 2. The molecule has 2 aromatic carbocycles. The molecule has 1 heterocycles. The molecule has 24 heavy (non-hydrogen) atoms. The van der Waals surface area contributed by atoms with Gasteiger partial charge in [0.1, 0.15) is 0 Å². The molecule has 0 aliphatic carbocycles. The highest BCUT2D eigenvalue weighted by Crippen LogP contribution is 2.31. The van der Waals surface area contributed by atoms with Crippen LogP contribution >= 0.6 is 11.6 Å². The lowest BCUT2D eigenvalue weighted by atomic mass is 10.0. The summed E-state index contributed by atoms with van der Waals surface area (Å²) in [5.74, 6) is 0.660. The van der Waals surface area contributed by atoms with Crippen molar-refractivity contribution in [1.29, 1.82) is 0 Å². The monoisotopic (exact) mass is 337 g/mol. The third-order valence-electron chi connectivity index (χ3n) is 3.79.